The maximum atomic E-state index is 10.4. The van der Waals surface area contributed by atoms with Gasteiger partial charge < -0.3 is 10.4 Å². The van der Waals surface area contributed by atoms with Gasteiger partial charge in [0, 0.05) is 17.5 Å². The number of nitrogens with one attached hydrogen (secondary N) is 1. The van der Waals surface area contributed by atoms with Crippen LogP contribution in [0.5, 0.6) is 0 Å². The molecule has 0 amide bonds. The Morgan fingerprint density at radius 3 is 2.88 bits per heavy atom. The molecule has 2 N–H and O–H groups in total. The normalized spacial score (nSPS) is 21.1. The molecule has 1 aromatic heterocycles. The first-order valence-corrected chi connectivity index (χ1v) is 7.51. The van der Waals surface area contributed by atoms with Crippen LogP contribution < -0.4 is 5.32 Å². The van der Waals surface area contributed by atoms with E-state index in [1.54, 1.807) is 11.3 Å². The highest BCUT2D eigenvalue weighted by Crippen LogP contribution is 2.35. The lowest BCUT2D eigenvalue weighted by Gasteiger charge is -2.26. The van der Waals surface area contributed by atoms with Crippen LogP contribution in [0, 0.1) is 5.92 Å². The molecule has 0 aromatic carbocycles. The van der Waals surface area contributed by atoms with Crippen LogP contribution in [0.1, 0.15) is 44.4 Å². The average Bonchev–Trinajstić information content (AvgIpc) is 2.97. The van der Waals surface area contributed by atoms with Gasteiger partial charge in [0.05, 0.1) is 0 Å². The van der Waals surface area contributed by atoms with Crippen molar-refractivity contribution < 1.29 is 5.11 Å². The highest BCUT2D eigenvalue weighted by Gasteiger charge is 2.32. The first-order valence-electron chi connectivity index (χ1n) is 6.63. The van der Waals surface area contributed by atoms with Gasteiger partial charge in [0.1, 0.15) is 5.60 Å². The van der Waals surface area contributed by atoms with Crippen LogP contribution in [-0.4, -0.2) is 17.7 Å². The van der Waals surface area contributed by atoms with E-state index in [0.29, 0.717) is 12.6 Å². The van der Waals surface area contributed by atoms with E-state index in [9.17, 15) is 5.11 Å². The first kappa shape index (κ1) is 13.1. The average molecular weight is 253 g/mol. The Morgan fingerprint density at radius 2 is 2.35 bits per heavy atom. The van der Waals surface area contributed by atoms with Crippen LogP contribution in [0.2, 0.25) is 0 Å². The molecule has 1 fully saturated rings. The molecule has 96 valence electrons. The summed E-state index contributed by atoms with van der Waals surface area (Å²) in [6.07, 6.45) is 5.16. The molecule has 1 aromatic rings. The van der Waals surface area contributed by atoms with E-state index in [1.165, 1.54) is 25.7 Å². The Labute approximate surface area is 108 Å². The van der Waals surface area contributed by atoms with Crippen molar-refractivity contribution in [3.05, 3.63) is 22.4 Å². The minimum absolute atomic E-state index is 0.603. The molecular weight excluding hydrogens is 230 g/mol. The van der Waals surface area contributed by atoms with Crippen LogP contribution in [0.15, 0.2) is 17.5 Å². The van der Waals surface area contributed by atoms with Crippen molar-refractivity contribution in [1.29, 1.82) is 0 Å². The van der Waals surface area contributed by atoms with Gasteiger partial charge in [0.2, 0.25) is 0 Å². The highest BCUT2D eigenvalue weighted by molar-refractivity contribution is 7.10. The molecule has 1 saturated carbocycles. The van der Waals surface area contributed by atoms with Crippen LogP contribution in [0.3, 0.4) is 0 Å². The monoisotopic (exact) mass is 253 g/mol. The van der Waals surface area contributed by atoms with E-state index in [1.807, 2.05) is 24.4 Å². The number of hydrogen-bond donors (Lipinski definition) is 2. The molecule has 2 rings (SSSR count). The lowest BCUT2D eigenvalue weighted by Crippen LogP contribution is -2.41. The van der Waals surface area contributed by atoms with Crippen molar-refractivity contribution in [2.45, 2.75) is 51.2 Å². The third kappa shape index (κ3) is 3.54. The van der Waals surface area contributed by atoms with Crippen LogP contribution in [0.4, 0.5) is 0 Å². The van der Waals surface area contributed by atoms with E-state index in [2.05, 4.69) is 12.2 Å². The smallest absolute Gasteiger partial charge is 0.108 e. The Bertz CT molecular complexity index is 330. The van der Waals surface area contributed by atoms with Crippen molar-refractivity contribution in [3.63, 3.8) is 0 Å². The summed E-state index contributed by atoms with van der Waals surface area (Å²) in [7, 11) is 0. The fourth-order valence-corrected chi connectivity index (χ4v) is 3.10. The second kappa shape index (κ2) is 5.51. The summed E-state index contributed by atoms with van der Waals surface area (Å²) < 4.78 is 0. The van der Waals surface area contributed by atoms with E-state index in [4.69, 9.17) is 0 Å². The lowest BCUT2D eigenvalue weighted by atomic mass is 10.0. The first-order chi connectivity index (χ1) is 8.13. The van der Waals surface area contributed by atoms with E-state index in [0.717, 1.165) is 10.8 Å². The number of hydrogen-bond acceptors (Lipinski definition) is 3. The van der Waals surface area contributed by atoms with Gasteiger partial charge in [-0.2, -0.15) is 0 Å². The molecule has 17 heavy (non-hydrogen) atoms. The molecular formula is C14H23NOS. The van der Waals surface area contributed by atoms with E-state index < -0.39 is 5.60 Å². The maximum Gasteiger partial charge on any atom is 0.108 e. The minimum Gasteiger partial charge on any atom is -0.383 e. The van der Waals surface area contributed by atoms with Crippen molar-refractivity contribution in [3.8, 4) is 0 Å². The van der Waals surface area contributed by atoms with Gasteiger partial charge in [0.15, 0.2) is 0 Å². The number of aliphatic hydroxyl groups is 1. The standard InChI is InChI=1S/C14H23NOS/c1-3-5-12(11-7-8-11)15-10-14(2,16)13-6-4-9-17-13/h4,6,9,11-12,15-16H,3,5,7-8,10H2,1-2H3. The summed E-state index contributed by atoms with van der Waals surface area (Å²) in [5.41, 5.74) is -0.727. The SMILES string of the molecule is CCCC(NCC(C)(O)c1cccs1)C1CC1. The lowest BCUT2D eigenvalue weighted by molar-refractivity contribution is 0.0562. The molecule has 3 heteroatoms. The largest absolute Gasteiger partial charge is 0.383 e. The molecule has 0 saturated heterocycles. The van der Waals surface area contributed by atoms with E-state index in [-0.39, 0.29) is 0 Å². The van der Waals surface area contributed by atoms with Gasteiger partial charge in [0.25, 0.3) is 0 Å². The Morgan fingerprint density at radius 1 is 1.59 bits per heavy atom. The summed E-state index contributed by atoms with van der Waals surface area (Å²) in [6.45, 7) is 4.80. The summed E-state index contributed by atoms with van der Waals surface area (Å²) in [6, 6.07) is 4.61. The van der Waals surface area contributed by atoms with Crippen molar-refractivity contribution in [2.24, 2.45) is 5.92 Å². The van der Waals surface area contributed by atoms with Gasteiger partial charge in [-0.1, -0.05) is 19.4 Å². The molecule has 1 aliphatic rings. The zero-order valence-electron chi connectivity index (χ0n) is 10.8. The summed E-state index contributed by atoms with van der Waals surface area (Å²) in [5.74, 6) is 0.856. The van der Waals surface area contributed by atoms with E-state index >= 15 is 0 Å². The van der Waals surface area contributed by atoms with Gasteiger partial charge in [-0.15, -0.1) is 11.3 Å². The van der Waals surface area contributed by atoms with Crippen LogP contribution >= 0.6 is 11.3 Å². The van der Waals surface area contributed by atoms with Crippen molar-refractivity contribution >= 4 is 11.3 Å². The molecule has 2 atom stereocenters. The Kier molecular flexibility index (Phi) is 4.23. The molecule has 0 spiro atoms. The Balaban J connectivity index is 1.87. The number of rotatable bonds is 7. The number of thiophene rings is 1. The Hall–Kier alpha value is -0.380. The van der Waals surface area contributed by atoms with Crippen molar-refractivity contribution in [1.82, 2.24) is 5.32 Å². The zero-order valence-corrected chi connectivity index (χ0v) is 11.6. The molecule has 0 radical (unpaired) electrons. The minimum atomic E-state index is -0.727. The zero-order chi connectivity index (χ0) is 12.3. The fraction of sp³-hybridized carbons (Fsp3) is 0.714. The molecule has 1 heterocycles. The fourth-order valence-electron chi connectivity index (χ4n) is 2.32. The predicted molar refractivity (Wildman–Crippen MR) is 73.3 cm³/mol. The molecule has 1 aliphatic carbocycles. The van der Waals surface area contributed by atoms with Gasteiger partial charge >= 0.3 is 0 Å². The molecule has 2 nitrogen and oxygen atoms in total. The van der Waals surface area contributed by atoms with Crippen LogP contribution in [-0.2, 0) is 5.60 Å². The maximum absolute atomic E-state index is 10.4. The predicted octanol–water partition coefficient (Wildman–Crippen LogP) is 3.12. The second-order valence-electron chi connectivity index (χ2n) is 5.36. The topological polar surface area (TPSA) is 32.3 Å². The second-order valence-corrected chi connectivity index (χ2v) is 6.31. The van der Waals surface area contributed by atoms with Crippen LogP contribution in [0.25, 0.3) is 0 Å². The summed E-state index contributed by atoms with van der Waals surface area (Å²) >= 11 is 1.63. The summed E-state index contributed by atoms with van der Waals surface area (Å²) in [5, 5.41) is 16.0. The summed E-state index contributed by atoms with van der Waals surface area (Å²) in [4.78, 5) is 1.05. The highest BCUT2D eigenvalue weighted by atomic mass is 32.1. The third-order valence-corrected chi connectivity index (χ3v) is 4.67. The molecule has 2 unspecified atom stereocenters. The third-order valence-electron chi connectivity index (χ3n) is 3.55. The van der Waals surface area contributed by atoms with Gasteiger partial charge in [-0.3, -0.25) is 0 Å². The van der Waals surface area contributed by atoms with Gasteiger partial charge in [-0.25, -0.2) is 0 Å². The molecule has 0 bridgehead atoms. The quantitative estimate of drug-likeness (QED) is 0.782. The van der Waals surface area contributed by atoms with Crippen molar-refractivity contribution in [2.75, 3.05) is 6.54 Å². The molecule has 0 aliphatic heterocycles. The van der Waals surface area contributed by atoms with Gasteiger partial charge in [-0.05, 0) is 43.6 Å².